The van der Waals surface area contributed by atoms with Crippen LogP contribution in [0.3, 0.4) is 0 Å². The monoisotopic (exact) mass is 422 g/mol. The van der Waals surface area contributed by atoms with Gasteiger partial charge in [-0.3, -0.25) is 9.79 Å². The normalized spacial score (nSPS) is 12.5. The first kappa shape index (κ1) is 20.8. The Hall–Kier alpha value is -1.25. The van der Waals surface area contributed by atoms with Gasteiger partial charge in [0.05, 0.1) is 12.8 Å². The van der Waals surface area contributed by atoms with Crippen LogP contribution in [-0.4, -0.2) is 37.5 Å². The van der Waals surface area contributed by atoms with Crippen LogP contribution in [0.5, 0.6) is 0 Å². The zero-order valence-corrected chi connectivity index (χ0v) is 16.0. The quantitative estimate of drug-likeness (QED) is 0.273. The second-order valence-corrected chi connectivity index (χ2v) is 5.17. The Morgan fingerprint density at radius 3 is 2.59 bits per heavy atom. The lowest BCUT2D eigenvalue weighted by Crippen LogP contribution is -2.44. The number of aliphatic imine (C=N–C) groups is 1. The fraction of sp³-hybridized carbons (Fsp3) is 0.600. The van der Waals surface area contributed by atoms with Crippen LogP contribution in [0.4, 0.5) is 0 Å². The molecule has 0 saturated carbocycles. The van der Waals surface area contributed by atoms with Crippen LogP contribution < -0.4 is 16.0 Å². The highest BCUT2D eigenvalue weighted by Crippen LogP contribution is 1.99. The van der Waals surface area contributed by atoms with Crippen molar-refractivity contribution in [1.82, 2.24) is 16.0 Å². The number of rotatable bonds is 7. The number of nitrogens with zero attached hydrogens (tertiary/aromatic N) is 1. The summed E-state index contributed by atoms with van der Waals surface area (Å²) in [6, 6.07) is 3.66. The summed E-state index contributed by atoms with van der Waals surface area (Å²) in [6.45, 7) is 10.2. The van der Waals surface area contributed by atoms with Crippen molar-refractivity contribution in [3.8, 4) is 0 Å². The van der Waals surface area contributed by atoms with Crippen molar-refractivity contribution in [2.24, 2.45) is 10.9 Å². The highest BCUT2D eigenvalue weighted by atomic mass is 127. The molecule has 1 aromatic heterocycles. The number of furan rings is 1. The van der Waals surface area contributed by atoms with Gasteiger partial charge in [-0.05, 0) is 31.9 Å². The summed E-state index contributed by atoms with van der Waals surface area (Å²) >= 11 is 0. The molecule has 1 amide bonds. The van der Waals surface area contributed by atoms with E-state index in [-0.39, 0.29) is 29.9 Å². The molecule has 1 rings (SSSR count). The molecule has 126 valence electrons. The van der Waals surface area contributed by atoms with Gasteiger partial charge in [0.2, 0.25) is 0 Å². The number of hydrogen-bond donors (Lipinski definition) is 3. The van der Waals surface area contributed by atoms with E-state index in [1.54, 1.807) is 12.1 Å². The third-order valence-corrected chi connectivity index (χ3v) is 3.12. The average Bonchev–Trinajstić information content (AvgIpc) is 2.97. The fourth-order valence-electron chi connectivity index (χ4n) is 1.53. The molecule has 0 aliphatic heterocycles. The Bertz CT molecular complexity index is 446. The molecule has 0 saturated heterocycles. The second-order valence-electron chi connectivity index (χ2n) is 5.17. The van der Waals surface area contributed by atoms with E-state index in [0.717, 1.165) is 12.5 Å². The minimum absolute atomic E-state index is 0. The Balaban J connectivity index is 0.00000441. The van der Waals surface area contributed by atoms with Crippen molar-refractivity contribution in [1.29, 1.82) is 0 Å². The molecule has 0 fully saturated rings. The summed E-state index contributed by atoms with van der Waals surface area (Å²) in [6.07, 6.45) is 1.48. The van der Waals surface area contributed by atoms with Gasteiger partial charge in [-0.1, -0.05) is 13.8 Å². The smallest absolute Gasteiger partial charge is 0.287 e. The minimum atomic E-state index is -0.219. The zero-order valence-electron chi connectivity index (χ0n) is 13.7. The first-order valence-electron chi connectivity index (χ1n) is 7.41. The summed E-state index contributed by atoms with van der Waals surface area (Å²) in [7, 11) is 0. The molecule has 22 heavy (non-hydrogen) atoms. The highest BCUT2D eigenvalue weighted by molar-refractivity contribution is 14.0. The number of halogens is 1. The maximum atomic E-state index is 11.7. The number of hydrogen-bond acceptors (Lipinski definition) is 3. The summed E-state index contributed by atoms with van der Waals surface area (Å²) in [4.78, 5) is 16.1. The number of amides is 1. The topological polar surface area (TPSA) is 78.7 Å². The van der Waals surface area contributed by atoms with Crippen molar-refractivity contribution in [2.45, 2.75) is 33.7 Å². The molecule has 0 radical (unpaired) electrons. The highest BCUT2D eigenvalue weighted by Gasteiger charge is 2.09. The van der Waals surface area contributed by atoms with Crippen molar-refractivity contribution in [3.05, 3.63) is 24.2 Å². The molecule has 0 aliphatic carbocycles. The van der Waals surface area contributed by atoms with E-state index in [0.29, 0.717) is 30.8 Å². The third-order valence-electron chi connectivity index (χ3n) is 3.12. The summed E-state index contributed by atoms with van der Waals surface area (Å²) in [5.74, 6) is 1.39. The van der Waals surface area contributed by atoms with E-state index in [1.165, 1.54) is 6.26 Å². The zero-order chi connectivity index (χ0) is 15.7. The Labute approximate surface area is 149 Å². The standard InChI is InChI=1S/C15H26N4O2.HI/c1-5-16-15(19-12(4)11(2)3)18-9-8-17-14(20)13-7-6-10-21-13;/h6-7,10-12H,5,8-9H2,1-4H3,(H,17,20)(H2,16,18,19);1H. The summed E-state index contributed by atoms with van der Waals surface area (Å²) < 4.78 is 5.02. The van der Waals surface area contributed by atoms with Crippen LogP contribution in [0, 0.1) is 5.92 Å². The maximum Gasteiger partial charge on any atom is 0.287 e. The van der Waals surface area contributed by atoms with Crippen LogP contribution in [0.1, 0.15) is 38.2 Å². The van der Waals surface area contributed by atoms with E-state index in [2.05, 4.69) is 41.7 Å². The first-order chi connectivity index (χ1) is 10.0. The van der Waals surface area contributed by atoms with E-state index >= 15 is 0 Å². The van der Waals surface area contributed by atoms with Gasteiger partial charge in [0, 0.05) is 19.1 Å². The van der Waals surface area contributed by atoms with E-state index < -0.39 is 0 Å². The molecule has 3 N–H and O–H groups in total. The molecule has 0 aromatic carbocycles. The van der Waals surface area contributed by atoms with Crippen molar-refractivity contribution < 1.29 is 9.21 Å². The number of carbonyl (C=O) groups excluding carboxylic acids is 1. The Morgan fingerprint density at radius 2 is 2.05 bits per heavy atom. The molecule has 0 aliphatic rings. The van der Waals surface area contributed by atoms with Gasteiger partial charge < -0.3 is 20.4 Å². The maximum absolute atomic E-state index is 11.7. The SMILES string of the molecule is CCNC(=NCCNC(=O)c1ccco1)NC(C)C(C)C.I. The lowest BCUT2D eigenvalue weighted by atomic mass is 10.1. The van der Waals surface area contributed by atoms with Gasteiger partial charge in [-0.2, -0.15) is 0 Å². The number of nitrogens with one attached hydrogen (secondary N) is 3. The first-order valence-corrected chi connectivity index (χ1v) is 7.41. The Morgan fingerprint density at radius 1 is 1.32 bits per heavy atom. The summed E-state index contributed by atoms with van der Waals surface area (Å²) in [5.41, 5.74) is 0. The molecule has 1 heterocycles. The van der Waals surface area contributed by atoms with Gasteiger partial charge in [-0.25, -0.2) is 0 Å². The van der Waals surface area contributed by atoms with Crippen molar-refractivity contribution >= 4 is 35.8 Å². The summed E-state index contributed by atoms with van der Waals surface area (Å²) in [5, 5.41) is 9.30. The van der Waals surface area contributed by atoms with E-state index in [4.69, 9.17) is 4.42 Å². The van der Waals surface area contributed by atoms with Crippen molar-refractivity contribution in [3.63, 3.8) is 0 Å². The lowest BCUT2D eigenvalue weighted by molar-refractivity contribution is 0.0927. The number of guanidine groups is 1. The van der Waals surface area contributed by atoms with Crippen LogP contribution in [-0.2, 0) is 0 Å². The number of carbonyl (C=O) groups is 1. The predicted molar refractivity (Wildman–Crippen MR) is 99.9 cm³/mol. The molecule has 1 atom stereocenters. The van der Waals surface area contributed by atoms with Gasteiger partial charge in [0.1, 0.15) is 0 Å². The lowest BCUT2D eigenvalue weighted by Gasteiger charge is -2.20. The molecule has 0 bridgehead atoms. The second kappa shape index (κ2) is 11.3. The van der Waals surface area contributed by atoms with Crippen LogP contribution in [0.25, 0.3) is 0 Å². The van der Waals surface area contributed by atoms with Gasteiger partial charge in [-0.15, -0.1) is 24.0 Å². The average molecular weight is 422 g/mol. The van der Waals surface area contributed by atoms with Crippen LogP contribution in [0.15, 0.2) is 27.8 Å². The Kier molecular flexibility index (Phi) is 10.7. The largest absolute Gasteiger partial charge is 0.459 e. The molecule has 1 unspecified atom stereocenters. The van der Waals surface area contributed by atoms with Crippen LogP contribution >= 0.6 is 24.0 Å². The van der Waals surface area contributed by atoms with Crippen molar-refractivity contribution in [2.75, 3.05) is 19.6 Å². The molecule has 0 spiro atoms. The molecular formula is C15H27IN4O2. The van der Waals surface area contributed by atoms with Gasteiger partial charge in [0.25, 0.3) is 5.91 Å². The molecule has 7 heteroatoms. The van der Waals surface area contributed by atoms with E-state index in [9.17, 15) is 4.79 Å². The molecule has 1 aromatic rings. The van der Waals surface area contributed by atoms with Gasteiger partial charge in [0.15, 0.2) is 11.7 Å². The predicted octanol–water partition coefficient (Wildman–Crippen LogP) is 2.23. The van der Waals surface area contributed by atoms with E-state index in [1.807, 2.05) is 6.92 Å². The fourth-order valence-corrected chi connectivity index (χ4v) is 1.53. The third kappa shape index (κ3) is 7.67. The minimum Gasteiger partial charge on any atom is -0.459 e. The molecular weight excluding hydrogens is 395 g/mol. The van der Waals surface area contributed by atoms with Crippen LogP contribution in [0.2, 0.25) is 0 Å². The molecule has 6 nitrogen and oxygen atoms in total. The van der Waals surface area contributed by atoms with Gasteiger partial charge >= 0.3 is 0 Å².